The van der Waals surface area contributed by atoms with Crippen molar-refractivity contribution in [3.05, 3.63) is 101 Å². The molecule has 1 atom stereocenters. The molecule has 7 heteroatoms. The van der Waals surface area contributed by atoms with Gasteiger partial charge in [-0.2, -0.15) is 0 Å². The zero-order chi connectivity index (χ0) is 24.5. The Morgan fingerprint density at radius 3 is 2.23 bits per heavy atom. The average Bonchev–Trinajstić information content (AvgIpc) is 3.16. The van der Waals surface area contributed by atoms with E-state index in [1.807, 2.05) is 18.2 Å². The number of aryl methyl sites for hydroxylation is 1. The number of carbonyl (C=O) groups is 4. The van der Waals surface area contributed by atoms with Crippen LogP contribution in [-0.2, 0) is 16.0 Å². The summed E-state index contributed by atoms with van der Waals surface area (Å²) < 4.78 is 5.27. The number of imide groups is 1. The Bertz CT molecular complexity index is 1300. The van der Waals surface area contributed by atoms with Crippen molar-refractivity contribution in [3.8, 4) is 0 Å². The molecule has 176 valence electrons. The molecule has 0 saturated heterocycles. The van der Waals surface area contributed by atoms with Gasteiger partial charge in [0.25, 0.3) is 17.7 Å². The Morgan fingerprint density at radius 2 is 1.54 bits per heavy atom. The number of hydrogen-bond donors (Lipinski definition) is 0. The second kappa shape index (κ2) is 9.18. The molecule has 5 rings (SSSR count). The first-order valence-electron chi connectivity index (χ1n) is 11.5. The summed E-state index contributed by atoms with van der Waals surface area (Å²) in [6.07, 6.45) is 2.87. The molecule has 7 nitrogen and oxygen atoms in total. The van der Waals surface area contributed by atoms with Crippen molar-refractivity contribution in [1.82, 2.24) is 4.90 Å². The summed E-state index contributed by atoms with van der Waals surface area (Å²) in [4.78, 5) is 53.3. The monoisotopic (exact) mass is 468 g/mol. The molecule has 0 N–H and O–H groups in total. The van der Waals surface area contributed by atoms with Crippen molar-refractivity contribution in [2.75, 3.05) is 18.6 Å². The summed E-state index contributed by atoms with van der Waals surface area (Å²) in [6, 6.07) is 20.7. The van der Waals surface area contributed by atoms with Gasteiger partial charge in [0.15, 0.2) is 6.61 Å². The average molecular weight is 469 g/mol. The van der Waals surface area contributed by atoms with Crippen LogP contribution in [0.2, 0.25) is 0 Å². The molecule has 0 fully saturated rings. The minimum absolute atomic E-state index is 0.0370. The van der Waals surface area contributed by atoms with Gasteiger partial charge in [-0.3, -0.25) is 14.4 Å². The third kappa shape index (κ3) is 4.10. The summed E-state index contributed by atoms with van der Waals surface area (Å²) in [7, 11) is 1.74. The number of hydrogen-bond acceptors (Lipinski definition) is 5. The van der Waals surface area contributed by atoms with Gasteiger partial charge in [0.2, 0.25) is 0 Å². The third-order valence-electron chi connectivity index (χ3n) is 6.68. The molecule has 3 aromatic carbocycles. The van der Waals surface area contributed by atoms with Crippen molar-refractivity contribution in [1.29, 1.82) is 0 Å². The first kappa shape index (κ1) is 22.5. The third-order valence-corrected chi connectivity index (χ3v) is 6.68. The molecule has 0 aromatic heterocycles. The van der Waals surface area contributed by atoms with Crippen LogP contribution in [0.3, 0.4) is 0 Å². The van der Waals surface area contributed by atoms with E-state index in [0.717, 1.165) is 29.7 Å². The van der Waals surface area contributed by atoms with Crippen LogP contribution in [0.5, 0.6) is 0 Å². The number of esters is 1. The van der Waals surface area contributed by atoms with E-state index in [1.54, 1.807) is 36.2 Å². The van der Waals surface area contributed by atoms with E-state index in [0.29, 0.717) is 16.8 Å². The molecule has 1 aliphatic carbocycles. The molecule has 0 bridgehead atoms. The van der Waals surface area contributed by atoms with Crippen LogP contribution in [0.25, 0.3) is 0 Å². The zero-order valence-corrected chi connectivity index (χ0v) is 19.3. The number of carbonyl (C=O) groups excluding carboxylic acids is 4. The van der Waals surface area contributed by atoms with Gasteiger partial charge in [-0.25, -0.2) is 9.69 Å². The summed E-state index contributed by atoms with van der Waals surface area (Å²) in [6.45, 7) is -0.367. The zero-order valence-electron chi connectivity index (χ0n) is 19.3. The fraction of sp³-hybridized carbons (Fsp3) is 0.214. The van der Waals surface area contributed by atoms with E-state index in [2.05, 4.69) is 6.07 Å². The second-order valence-corrected chi connectivity index (χ2v) is 8.73. The molecule has 0 radical (unpaired) electrons. The molecule has 35 heavy (non-hydrogen) atoms. The molecule has 3 amide bonds. The number of nitrogens with zero attached hydrogens (tertiary/aromatic N) is 2. The van der Waals surface area contributed by atoms with E-state index in [4.69, 9.17) is 4.74 Å². The van der Waals surface area contributed by atoms with Crippen LogP contribution in [0, 0.1) is 0 Å². The van der Waals surface area contributed by atoms with Crippen molar-refractivity contribution >= 4 is 29.4 Å². The Balaban J connectivity index is 1.22. The summed E-state index contributed by atoms with van der Waals surface area (Å²) >= 11 is 0. The normalized spacial score (nSPS) is 16.5. The van der Waals surface area contributed by atoms with Gasteiger partial charge in [-0.1, -0.05) is 36.4 Å². The lowest BCUT2D eigenvalue weighted by Gasteiger charge is -2.33. The molecule has 0 spiro atoms. The van der Waals surface area contributed by atoms with Crippen LogP contribution < -0.4 is 4.90 Å². The lowest BCUT2D eigenvalue weighted by Crippen LogP contribution is -2.36. The molecule has 1 aliphatic heterocycles. The van der Waals surface area contributed by atoms with Gasteiger partial charge in [0.1, 0.15) is 0 Å². The first-order chi connectivity index (χ1) is 17.0. The molecule has 1 heterocycles. The van der Waals surface area contributed by atoms with Crippen LogP contribution in [0.1, 0.15) is 61.1 Å². The minimum Gasteiger partial charge on any atom is -0.452 e. The SMILES string of the molecule is CN(C(=O)COC(=O)c1ccc(N2C(=O)c3ccccc3C2=O)cc1)C1CCCc2ccccc21. The maximum Gasteiger partial charge on any atom is 0.338 e. The van der Waals surface area contributed by atoms with Gasteiger partial charge in [0.05, 0.1) is 28.4 Å². The topological polar surface area (TPSA) is 84.0 Å². The largest absolute Gasteiger partial charge is 0.452 e. The van der Waals surface area contributed by atoms with Crippen LogP contribution in [-0.4, -0.2) is 42.2 Å². The van der Waals surface area contributed by atoms with Gasteiger partial charge in [-0.15, -0.1) is 0 Å². The predicted molar refractivity (Wildman–Crippen MR) is 129 cm³/mol. The second-order valence-electron chi connectivity index (χ2n) is 8.73. The smallest absolute Gasteiger partial charge is 0.338 e. The Labute approximate surface area is 202 Å². The molecule has 1 unspecified atom stereocenters. The number of fused-ring (bicyclic) bond motifs is 2. The lowest BCUT2D eigenvalue weighted by molar-refractivity contribution is -0.135. The highest BCUT2D eigenvalue weighted by atomic mass is 16.5. The highest BCUT2D eigenvalue weighted by Gasteiger charge is 2.36. The molecular weight excluding hydrogens is 444 g/mol. The Kier molecular flexibility index (Phi) is 5.91. The van der Waals surface area contributed by atoms with E-state index < -0.39 is 17.8 Å². The van der Waals surface area contributed by atoms with Crippen molar-refractivity contribution in [3.63, 3.8) is 0 Å². The van der Waals surface area contributed by atoms with Gasteiger partial charge >= 0.3 is 5.97 Å². The first-order valence-corrected chi connectivity index (χ1v) is 11.5. The minimum atomic E-state index is -0.648. The van der Waals surface area contributed by atoms with E-state index in [1.165, 1.54) is 29.8 Å². The van der Waals surface area contributed by atoms with Crippen LogP contribution >= 0.6 is 0 Å². The van der Waals surface area contributed by atoms with Crippen molar-refractivity contribution in [2.45, 2.75) is 25.3 Å². The van der Waals surface area contributed by atoms with Gasteiger partial charge < -0.3 is 9.64 Å². The highest BCUT2D eigenvalue weighted by molar-refractivity contribution is 6.34. The maximum absolute atomic E-state index is 12.8. The van der Waals surface area contributed by atoms with E-state index >= 15 is 0 Å². The number of anilines is 1. The summed E-state index contributed by atoms with van der Waals surface area (Å²) in [5.74, 6) is -1.73. The molecule has 2 aliphatic rings. The van der Waals surface area contributed by atoms with Gasteiger partial charge in [-0.05, 0) is 66.8 Å². The number of rotatable bonds is 5. The molecule has 3 aromatic rings. The van der Waals surface area contributed by atoms with E-state index in [9.17, 15) is 19.2 Å². The van der Waals surface area contributed by atoms with Crippen molar-refractivity contribution in [2.24, 2.45) is 0 Å². The van der Waals surface area contributed by atoms with Crippen LogP contribution in [0.4, 0.5) is 5.69 Å². The number of amides is 3. The standard InChI is InChI=1S/C28H24N2O5/c1-29(24-12-6-8-18-7-2-3-9-21(18)24)25(31)17-35-28(34)19-13-15-20(16-14-19)30-26(32)22-10-4-5-11-23(22)27(30)33/h2-5,7,9-11,13-16,24H,6,8,12,17H2,1H3. The van der Waals surface area contributed by atoms with E-state index in [-0.39, 0.29) is 24.1 Å². The predicted octanol–water partition coefficient (Wildman–Crippen LogP) is 4.18. The van der Waals surface area contributed by atoms with Crippen LogP contribution in [0.15, 0.2) is 72.8 Å². The van der Waals surface area contributed by atoms with Gasteiger partial charge in [0, 0.05) is 7.05 Å². The summed E-state index contributed by atoms with van der Waals surface area (Å²) in [5, 5.41) is 0. The van der Waals surface area contributed by atoms with Crippen molar-refractivity contribution < 1.29 is 23.9 Å². The fourth-order valence-corrected chi connectivity index (χ4v) is 4.79. The summed E-state index contributed by atoms with van der Waals surface area (Å²) in [5.41, 5.74) is 3.68. The molecule has 0 saturated carbocycles. The Hall–Kier alpha value is -4.26. The number of benzene rings is 3. The molecular formula is C28H24N2O5. The Morgan fingerprint density at radius 1 is 0.914 bits per heavy atom. The quantitative estimate of drug-likeness (QED) is 0.414. The highest BCUT2D eigenvalue weighted by Crippen LogP contribution is 2.33. The fourth-order valence-electron chi connectivity index (χ4n) is 4.79. The number of ether oxygens (including phenoxy) is 1. The number of likely N-dealkylation sites (N-methyl/N-ethyl adjacent to an activating group) is 1. The maximum atomic E-state index is 12.8. The lowest BCUT2D eigenvalue weighted by atomic mass is 9.87.